The molecule has 6 aromatic carbocycles. The summed E-state index contributed by atoms with van der Waals surface area (Å²) in [5, 5.41) is 9.58. The fourth-order valence-corrected chi connectivity index (χ4v) is 9.76. The lowest BCUT2D eigenvalue weighted by atomic mass is 10.0. The lowest BCUT2D eigenvalue weighted by Gasteiger charge is -2.25. The van der Waals surface area contributed by atoms with E-state index < -0.39 is 6.04 Å². The maximum Gasteiger partial charge on any atom is 0.146 e. The second-order valence-electron chi connectivity index (χ2n) is 9.95. The Morgan fingerprint density at radius 3 is 1.92 bits per heavy atom. The molecule has 0 saturated carbocycles. The Morgan fingerprint density at radius 2 is 1.15 bits per heavy atom. The summed E-state index contributed by atoms with van der Waals surface area (Å²) in [4.78, 5) is 5.15. The van der Waals surface area contributed by atoms with Gasteiger partial charge in [-0.25, -0.2) is 4.98 Å². The number of nitrogens with zero attached hydrogens (tertiary/aromatic N) is 2. The molecule has 2 heterocycles. The van der Waals surface area contributed by atoms with Crippen LogP contribution in [0, 0.1) is 0 Å². The summed E-state index contributed by atoms with van der Waals surface area (Å²) in [5.74, 6) is 0. The molecule has 2 aromatic heterocycles. The van der Waals surface area contributed by atoms with Crippen molar-refractivity contribution in [3.8, 4) is 0 Å². The highest BCUT2D eigenvalue weighted by Gasteiger charge is 2.26. The van der Waals surface area contributed by atoms with Crippen LogP contribution in [0.5, 0.6) is 0 Å². The first-order valence-corrected chi connectivity index (χ1v) is 15.9. The third kappa shape index (κ3) is 3.27. The molecule has 0 aliphatic heterocycles. The summed E-state index contributed by atoms with van der Waals surface area (Å²) in [6.45, 7) is 0. The Hall–Kier alpha value is -4.30. The van der Waals surface area contributed by atoms with Crippen molar-refractivity contribution in [1.82, 2.24) is 9.38 Å². The summed E-state index contributed by atoms with van der Waals surface area (Å²) in [6.07, 6.45) is 0. The molecular formula is C35H23N2PS. The number of para-hydroxylation sites is 2. The fraction of sp³-hybridized carbons (Fsp3) is 0. The van der Waals surface area contributed by atoms with Gasteiger partial charge in [-0.15, -0.1) is 0 Å². The number of benzene rings is 6. The van der Waals surface area contributed by atoms with Crippen LogP contribution in [0.25, 0.3) is 49.1 Å². The van der Waals surface area contributed by atoms with Crippen molar-refractivity contribution >= 4 is 82.9 Å². The Balaban J connectivity index is 1.56. The van der Waals surface area contributed by atoms with Crippen molar-refractivity contribution in [3.05, 3.63) is 140 Å². The Bertz CT molecular complexity index is 2210. The molecule has 0 bridgehead atoms. The minimum absolute atomic E-state index is 0.981. The zero-order valence-corrected chi connectivity index (χ0v) is 22.7. The first-order valence-electron chi connectivity index (χ1n) is 13.1. The van der Waals surface area contributed by atoms with Gasteiger partial charge < -0.3 is 0 Å². The first-order chi connectivity index (χ1) is 19.2. The lowest BCUT2D eigenvalue weighted by molar-refractivity contribution is 1.32. The molecule has 0 aliphatic carbocycles. The van der Waals surface area contributed by atoms with Crippen molar-refractivity contribution in [2.75, 3.05) is 0 Å². The van der Waals surface area contributed by atoms with Crippen LogP contribution in [0.2, 0.25) is 0 Å². The smallest absolute Gasteiger partial charge is 0.146 e. The summed E-state index contributed by atoms with van der Waals surface area (Å²) >= 11 is 6.70. The Labute approximate surface area is 231 Å². The molecule has 0 N–H and O–H groups in total. The molecule has 184 valence electrons. The van der Waals surface area contributed by atoms with E-state index in [1.54, 1.807) is 0 Å². The third-order valence-electron chi connectivity index (χ3n) is 7.82. The van der Waals surface area contributed by atoms with Gasteiger partial charge in [0, 0.05) is 22.2 Å². The first kappa shape index (κ1) is 22.7. The molecule has 0 saturated heterocycles. The van der Waals surface area contributed by atoms with Gasteiger partial charge >= 0.3 is 0 Å². The minimum Gasteiger partial charge on any atom is -0.291 e. The molecule has 0 unspecified atom stereocenters. The molecule has 0 atom stereocenters. The van der Waals surface area contributed by atoms with E-state index in [1.807, 2.05) is 0 Å². The molecule has 39 heavy (non-hydrogen) atoms. The molecule has 8 rings (SSSR count). The van der Waals surface area contributed by atoms with Crippen LogP contribution in [0.15, 0.2) is 140 Å². The van der Waals surface area contributed by atoms with Gasteiger partial charge in [-0.05, 0) is 51.0 Å². The molecule has 4 heteroatoms. The van der Waals surface area contributed by atoms with E-state index in [1.165, 1.54) is 43.0 Å². The molecule has 0 fully saturated rings. The summed E-state index contributed by atoms with van der Waals surface area (Å²) in [5.41, 5.74) is 4.30. The Morgan fingerprint density at radius 1 is 0.513 bits per heavy atom. The molecular weight excluding hydrogens is 511 g/mol. The minimum atomic E-state index is -2.29. The second kappa shape index (κ2) is 8.61. The molecule has 8 aromatic rings. The zero-order valence-electron chi connectivity index (χ0n) is 21.0. The monoisotopic (exact) mass is 534 g/mol. The highest BCUT2D eigenvalue weighted by Crippen LogP contribution is 2.44. The average Bonchev–Trinajstić information content (AvgIpc) is 3.41. The van der Waals surface area contributed by atoms with E-state index in [9.17, 15) is 0 Å². The van der Waals surface area contributed by atoms with Crippen LogP contribution in [0.1, 0.15) is 0 Å². The molecule has 2 nitrogen and oxygen atoms in total. The summed E-state index contributed by atoms with van der Waals surface area (Å²) in [7, 11) is 0. The number of hydrogen-bond donors (Lipinski definition) is 0. The molecule has 0 aliphatic rings. The molecule has 0 radical (unpaired) electrons. The summed E-state index contributed by atoms with van der Waals surface area (Å²) in [6, 6.07) is 47.4. The zero-order chi connectivity index (χ0) is 26.0. The van der Waals surface area contributed by atoms with Gasteiger partial charge in [0.05, 0.1) is 16.6 Å². The van der Waals surface area contributed by atoms with Gasteiger partial charge in [-0.2, -0.15) is 0 Å². The van der Waals surface area contributed by atoms with Crippen molar-refractivity contribution in [2.24, 2.45) is 0 Å². The number of aromatic nitrogens is 2. The average molecular weight is 535 g/mol. The highest BCUT2D eigenvalue weighted by molar-refractivity contribution is 8.25. The van der Waals surface area contributed by atoms with Crippen molar-refractivity contribution < 1.29 is 0 Å². The van der Waals surface area contributed by atoms with E-state index in [-0.39, 0.29) is 0 Å². The number of pyridine rings is 1. The maximum absolute atomic E-state index is 6.70. The number of imidazole rings is 1. The maximum atomic E-state index is 6.70. The van der Waals surface area contributed by atoms with Gasteiger partial charge in [-0.3, -0.25) is 4.40 Å². The van der Waals surface area contributed by atoms with Crippen molar-refractivity contribution in [3.63, 3.8) is 0 Å². The van der Waals surface area contributed by atoms with Crippen LogP contribution < -0.4 is 15.9 Å². The molecule has 0 amide bonds. The van der Waals surface area contributed by atoms with E-state index in [0.717, 1.165) is 22.1 Å². The van der Waals surface area contributed by atoms with Crippen LogP contribution >= 0.6 is 6.04 Å². The predicted molar refractivity (Wildman–Crippen MR) is 171 cm³/mol. The summed E-state index contributed by atoms with van der Waals surface area (Å²) < 4.78 is 2.35. The number of rotatable bonds is 3. The van der Waals surface area contributed by atoms with Crippen LogP contribution in [-0.2, 0) is 11.8 Å². The van der Waals surface area contributed by atoms with Crippen LogP contribution in [-0.4, -0.2) is 9.38 Å². The van der Waals surface area contributed by atoms with Crippen LogP contribution in [0.4, 0.5) is 0 Å². The lowest BCUT2D eigenvalue weighted by Crippen LogP contribution is -2.24. The van der Waals surface area contributed by atoms with Gasteiger partial charge in [0.1, 0.15) is 5.65 Å². The molecule has 0 spiro atoms. The van der Waals surface area contributed by atoms with E-state index in [0.29, 0.717) is 0 Å². The third-order valence-corrected chi connectivity index (χ3v) is 12.8. The number of hydrogen-bond acceptors (Lipinski definition) is 2. The standard InChI is InChI=1S/C35H23N2PS/c39-38(25-12-3-1-4-13-25,26-14-5-2-6-15-26)27-20-22-30-31(23-27)29-21-19-24-11-7-8-16-28(24)34(29)37-33-18-10-9-17-32(33)36-35(30)37/h1-23H. The number of fused-ring (bicyclic) bond motifs is 10. The highest BCUT2D eigenvalue weighted by atomic mass is 32.4. The van der Waals surface area contributed by atoms with Crippen LogP contribution in [0.3, 0.4) is 0 Å². The van der Waals surface area contributed by atoms with Gasteiger partial charge in [0.25, 0.3) is 0 Å². The topological polar surface area (TPSA) is 17.3 Å². The Kier molecular flexibility index (Phi) is 5.00. The van der Waals surface area contributed by atoms with Crippen molar-refractivity contribution in [2.45, 2.75) is 0 Å². The van der Waals surface area contributed by atoms with Gasteiger partial charge in [-0.1, -0.05) is 127 Å². The largest absolute Gasteiger partial charge is 0.291 e. The van der Waals surface area contributed by atoms with Crippen molar-refractivity contribution in [1.29, 1.82) is 0 Å². The van der Waals surface area contributed by atoms with Gasteiger partial charge in [0.15, 0.2) is 0 Å². The fourth-order valence-electron chi connectivity index (χ4n) is 6.02. The second-order valence-corrected chi connectivity index (χ2v) is 14.4. The van der Waals surface area contributed by atoms with Gasteiger partial charge in [0.2, 0.25) is 0 Å². The van der Waals surface area contributed by atoms with E-state index >= 15 is 0 Å². The quantitative estimate of drug-likeness (QED) is 0.171. The normalized spacial score (nSPS) is 12.2. The predicted octanol–water partition coefficient (Wildman–Crippen LogP) is 7.70. The van der Waals surface area contributed by atoms with E-state index in [4.69, 9.17) is 16.8 Å². The van der Waals surface area contributed by atoms with E-state index in [2.05, 4.69) is 144 Å². The SMILES string of the molecule is S=P(c1ccccc1)(c1ccccc1)c1ccc2c(c1)c1ccc3ccccc3c1n1c3ccccc3nc21.